The SMILES string of the molecule is N#C/C(=C/Nc1cc(S(=O)(=O)N2CCOCC2)ccc1Cl)C(=O)Nc1ccc([N+](=O)[O-])cc1. The van der Waals surface area contributed by atoms with Crippen LogP contribution in [0.3, 0.4) is 0 Å². The van der Waals surface area contributed by atoms with E-state index in [1.165, 1.54) is 46.8 Å². The van der Waals surface area contributed by atoms with Crippen molar-refractivity contribution in [2.24, 2.45) is 0 Å². The minimum Gasteiger partial charge on any atom is -0.379 e. The standard InChI is InChI=1S/C20H18ClN5O6S/c21-18-6-5-17(33(30,31)25-7-9-32-10-8-25)11-19(18)23-13-14(12-22)20(27)24-15-1-3-16(4-2-15)26(28)29/h1-6,11,13,23H,7-10H2,(H,24,27)/b14-13-. The van der Waals surface area contributed by atoms with Crippen molar-refractivity contribution in [1.29, 1.82) is 5.26 Å². The minimum atomic E-state index is -3.77. The molecule has 1 amide bonds. The van der Waals surface area contributed by atoms with Crippen LogP contribution in [-0.2, 0) is 19.6 Å². The highest BCUT2D eigenvalue weighted by Crippen LogP contribution is 2.27. The summed E-state index contributed by atoms with van der Waals surface area (Å²) in [7, 11) is -3.77. The Kier molecular flexibility index (Phi) is 7.62. The van der Waals surface area contributed by atoms with Crippen molar-refractivity contribution in [2.75, 3.05) is 36.9 Å². The molecule has 0 aliphatic carbocycles. The Balaban J connectivity index is 1.76. The van der Waals surface area contributed by atoms with Gasteiger partial charge in [0.15, 0.2) is 0 Å². The zero-order valence-corrected chi connectivity index (χ0v) is 18.6. The maximum Gasteiger partial charge on any atom is 0.269 e. The molecule has 0 bridgehead atoms. The van der Waals surface area contributed by atoms with E-state index in [2.05, 4.69) is 10.6 Å². The molecular formula is C20H18ClN5O6S. The Labute approximate surface area is 194 Å². The Hall–Kier alpha value is -3.50. The number of amides is 1. The van der Waals surface area contributed by atoms with Crippen molar-refractivity contribution in [3.63, 3.8) is 0 Å². The molecule has 0 spiro atoms. The van der Waals surface area contributed by atoms with Crippen molar-refractivity contribution >= 4 is 44.6 Å². The van der Waals surface area contributed by atoms with Crippen LogP contribution in [0.5, 0.6) is 0 Å². The first kappa shape index (κ1) is 24.1. The van der Waals surface area contributed by atoms with Crippen molar-refractivity contribution < 1.29 is 22.9 Å². The van der Waals surface area contributed by atoms with Gasteiger partial charge in [0.25, 0.3) is 11.6 Å². The van der Waals surface area contributed by atoms with Gasteiger partial charge < -0.3 is 15.4 Å². The lowest BCUT2D eigenvalue weighted by Crippen LogP contribution is -2.40. The molecule has 1 saturated heterocycles. The zero-order valence-electron chi connectivity index (χ0n) is 17.0. The van der Waals surface area contributed by atoms with Crippen molar-refractivity contribution in [2.45, 2.75) is 4.90 Å². The van der Waals surface area contributed by atoms with Gasteiger partial charge in [-0.25, -0.2) is 8.42 Å². The van der Waals surface area contributed by atoms with Gasteiger partial charge in [-0.1, -0.05) is 11.6 Å². The first-order chi connectivity index (χ1) is 15.7. The third-order valence-electron chi connectivity index (χ3n) is 4.62. The molecular weight excluding hydrogens is 474 g/mol. The fourth-order valence-electron chi connectivity index (χ4n) is 2.87. The first-order valence-electron chi connectivity index (χ1n) is 9.52. The molecule has 1 heterocycles. The smallest absolute Gasteiger partial charge is 0.269 e. The summed E-state index contributed by atoms with van der Waals surface area (Å²) < 4.78 is 32.2. The molecule has 0 radical (unpaired) electrons. The fraction of sp³-hybridized carbons (Fsp3) is 0.200. The second-order valence-corrected chi connectivity index (χ2v) is 9.08. The fourth-order valence-corrected chi connectivity index (χ4v) is 4.48. The summed E-state index contributed by atoms with van der Waals surface area (Å²) in [6.07, 6.45) is 1.09. The largest absolute Gasteiger partial charge is 0.379 e. The number of nitrogens with one attached hydrogen (secondary N) is 2. The van der Waals surface area contributed by atoms with Gasteiger partial charge in [-0.2, -0.15) is 9.57 Å². The molecule has 13 heteroatoms. The molecule has 33 heavy (non-hydrogen) atoms. The van der Waals surface area contributed by atoms with Crippen LogP contribution in [0.2, 0.25) is 5.02 Å². The number of benzene rings is 2. The molecule has 0 aromatic heterocycles. The van der Waals surface area contributed by atoms with E-state index in [1.807, 2.05) is 0 Å². The Morgan fingerprint density at radius 2 is 1.88 bits per heavy atom. The minimum absolute atomic E-state index is 0.00135. The van der Waals surface area contributed by atoms with Gasteiger partial charge in [-0.15, -0.1) is 0 Å². The summed E-state index contributed by atoms with van der Waals surface area (Å²) in [6, 6.07) is 10.9. The predicted molar refractivity (Wildman–Crippen MR) is 120 cm³/mol. The molecule has 1 aliphatic rings. The van der Waals surface area contributed by atoms with Gasteiger partial charge >= 0.3 is 0 Å². The lowest BCUT2D eigenvalue weighted by Gasteiger charge is -2.26. The number of morpholine rings is 1. The van der Waals surface area contributed by atoms with E-state index in [-0.39, 0.29) is 45.6 Å². The third kappa shape index (κ3) is 5.85. The number of hydrogen-bond acceptors (Lipinski definition) is 8. The second kappa shape index (κ2) is 10.4. The third-order valence-corrected chi connectivity index (χ3v) is 6.84. The molecule has 1 fully saturated rings. The average Bonchev–Trinajstić information content (AvgIpc) is 2.81. The number of rotatable bonds is 7. The quantitative estimate of drug-likeness (QED) is 0.259. The topological polar surface area (TPSA) is 155 Å². The van der Waals surface area contributed by atoms with Crippen molar-refractivity contribution in [3.05, 3.63) is 69.4 Å². The lowest BCUT2D eigenvalue weighted by molar-refractivity contribution is -0.384. The maximum absolute atomic E-state index is 12.8. The number of ether oxygens (including phenoxy) is 1. The summed E-state index contributed by atoms with van der Waals surface area (Å²) in [6.45, 7) is 1.07. The van der Waals surface area contributed by atoms with E-state index in [0.717, 1.165) is 6.20 Å². The van der Waals surface area contributed by atoms with Gasteiger partial charge in [-0.3, -0.25) is 14.9 Å². The summed E-state index contributed by atoms with van der Waals surface area (Å²) in [5.41, 5.74) is -0.0385. The van der Waals surface area contributed by atoms with Crippen molar-refractivity contribution in [1.82, 2.24) is 4.31 Å². The van der Waals surface area contributed by atoms with E-state index < -0.39 is 20.9 Å². The van der Waals surface area contributed by atoms with Crippen LogP contribution >= 0.6 is 11.6 Å². The highest BCUT2D eigenvalue weighted by Gasteiger charge is 2.26. The number of nitriles is 1. The zero-order chi connectivity index (χ0) is 24.0. The van der Waals surface area contributed by atoms with Crippen LogP contribution in [0, 0.1) is 21.4 Å². The van der Waals surface area contributed by atoms with E-state index in [0.29, 0.717) is 13.2 Å². The number of nitro benzene ring substituents is 1. The van der Waals surface area contributed by atoms with Crippen LogP contribution in [0.15, 0.2) is 59.1 Å². The summed E-state index contributed by atoms with van der Waals surface area (Å²) in [4.78, 5) is 22.5. The number of hydrogen-bond donors (Lipinski definition) is 2. The number of carbonyl (C=O) groups is 1. The molecule has 3 rings (SSSR count). The van der Waals surface area contributed by atoms with E-state index in [4.69, 9.17) is 16.3 Å². The normalized spacial score (nSPS) is 14.8. The summed E-state index contributed by atoms with van der Waals surface area (Å²) in [5.74, 6) is -0.771. The van der Waals surface area contributed by atoms with Crippen LogP contribution < -0.4 is 10.6 Å². The number of anilines is 2. The number of halogens is 1. The van der Waals surface area contributed by atoms with Crippen LogP contribution in [0.4, 0.5) is 17.1 Å². The first-order valence-corrected chi connectivity index (χ1v) is 11.3. The second-order valence-electron chi connectivity index (χ2n) is 6.73. The Bertz CT molecular complexity index is 1230. The van der Waals surface area contributed by atoms with Gasteiger partial charge in [0, 0.05) is 37.1 Å². The highest BCUT2D eigenvalue weighted by atomic mass is 35.5. The average molecular weight is 492 g/mol. The number of non-ortho nitro benzene ring substituents is 1. The molecule has 11 nitrogen and oxygen atoms in total. The number of sulfonamides is 1. The maximum atomic E-state index is 12.8. The van der Waals surface area contributed by atoms with Gasteiger partial charge in [0.05, 0.1) is 33.7 Å². The Morgan fingerprint density at radius 3 is 2.48 bits per heavy atom. The molecule has 172 valence electrons. The Morgan fingerprint density at radius 1 is 1.21 bits per heavy atom. The van der Waals surface area contributed by atoms with Gasteiger partial charge in [-0.05, 0) is 30.3 Å². The number of nitrogens with zero attached hydrogens (tertiary/aromatic N) is 3. The van der Waals surface area contributed by atoms with Gasteiger partial charge in [0.1, 0.15) is 11.6 Å². The van der Waals surface area contributed by atoms with Crippen LogP contribution in [0.25, 0.3) is 0 Å². The highest BCUT2D eigenvalue weighted by molar-refractivity contribution is 7.89. The number of nitro groups is 1. The van der Waals surface area contributed by atoms with Crippen LogP contribution in [0.1, 0.15) is 0 Å². The van der Waals surface area contributed by atoms with Crippen LogP contribution in [-0.4, -0.2) is 49.9 Å². The molecule has 2 aromatic carbocycles. The molecule has 0 unspecified atom stereocenters. The molecule has 2 N–H and O–H groups in total. The van der Waals surface area contributed by atoms with E-state index >= 15 is 0 Å². The molecule has 0 atom stereocenters. The molecule has 0 saturated carbocycles. The molecule has 1 aliphatic heterocycles. The number of carbonyl (C=O) groups excluding carboxylic acids is 1. The monoisotopic (exact) mass is 491 g/mol. The van der Waals surface area contributed by atoms with E-state index in [9.17, 15) is 28.6 Å². The van der Waals surface area contributed by atoms with Gasteiger partial charge in [0.2, 0.25) is 10.0 Å². The predicted octanol–water partition coefficient (Wildman–Crippen LogP) is 2.73. The summed E-state index contributed by atoms with van der Waals surface area (Å²) >= 11 is 6.15. The summed E-state index contributed by atoms with van der Waals surface area (Å²) in [5, 5.41) is 25.4. The van der Waals surface area contributed by atoms with E-state index in [1.54, 1.807) is 6.07 Å². The lowest BCUT2D eigenvalue weighted by atomic mass is 10.2. The molecule has 2 aromatic rings. The van der Waals surface area contributed by atoms with Crippen molar-refractivity contribution in [3.8, 4) is 6.07 Å².